The Morgan fingerprint density at radius 3 is 1.57 bits per heavy atom. The number of hydrogen-bond donors (Lipinski definition) is 0. The van der Waals surface area contributed by atoms with Crippen molar-refractivity contribution >= 4 is 15.6 Å². The van der Waals surface area contributed by atoms with Gasteiger partial charge in [-0.2, -0.15) is 0 Å². The minimum absolute atomic E-state index is 0.234. The van der Waals surface area contributed by atoms with Gasteiger partial charge in [0.05, 0.1) is 12.2 Å². The Balaban J connectivity index is 1.05. The summed E-state index contributed by atoms with van der Waals surface area (Å²) in [4.78, 5) is 0. The quantitative estimate of drug-likeness (QED) is 0.132. The number of benzene rings is 3. The van der Waals surface area contributed by atoms with E-state index in [-0.39, 0.29) is 12.2 Å². The Morgan fingerprint density at radius 1 is 0.565 bits per heavy atom. The minimum Gasteiger partial charge on any atom is -0.400 e. The van der Waals surface area contributed by atoms with Crippen molar-refractivity contribution in [3.63, 3.8) is 0 Å². The van der Waals surface area contributed by atoms with Crippen LogP contribution >= 0.6 is 15.6 Å². The third-order valence-corrected chi connectivity index (χ3v) is 11.1. The van der Waals surface area contributed by atoms with Gasteiger partial charge in [0.1, 0.15) is 23.0 Å². The number of phosphoric ester groups is 2. The largest absolute Gasteiger partial charge is 0.587 e. The molecule has 0 heterocycles. The molecule has 2 atom stereocenters. The summed E-state index contributed by atoms with van der Waals surface area (Å²) < 4.78 is 63.3. The molecule has 242 valence electrons. The molecule has 0 bridgehead atoms. The monoisotopic (exact) mass is 662 g/mol. The third kappa shape index (κ3) is 9.27. The van der Waals surface area contributed by atoms with Gasteiger partial charge in [-0.15, -0.1) is 0 Å². The summed E-state index contributed by atoms with van der Waals surface area (Å²) in [7, 11) is -7.85. The van der Waals surface area contributed by atoms with E-state index >= 15 is 0 Å². The van der Waals surface area contributed by atoms with Crippen molar-refractivity contribution in [2.75, 3.05) is 0 Å². The van der Waals surface area contributed by atoms with Crippen LogP contribution in [0.5, 0.6) is 17.2 Å². The second kappa shape index (κ2) is 15.4. The molecule has 3 aliphatic rings. The lowest BCUT2D eigenvalue weighted by Crippen LogP contribution is -2.25. The van der Waals surface area contributed by atoms with Crippen LogP contribution in [0.25, 0.3) is 0 Å². The Hall–Kier alpha value is -3.54. The molecular weight excluding hydrogens is 622 g/mol. The Bertz CT molecular complexity index is 1550. The predicted octanol–water partition coefficient (Wildman–Crippen LogP) is 10.8. The topological polar surface area (TPSA) is 89.5 Å². The van der Waals surface area contributed by atoms with E-state index in [1.807, 2.05) is 72.8 Å². The summed E-state index contributed by atoms with van der Waals surface area (Å²) in [6.45, 7) is 0. The summed E-state index contributed by atoms with van der Waals surface area (Å²) in [5.41, 5.74) is 1.38. The maximum atomic E-state index is 13.9. The average molecular weight is 663 g/mol. The van der Waals surface area contributed by atoms with Crippen LogP contribution in [0.15, 0.2) is 127 Å². The lowest BCUT2D eigenvalue weighted by Gasteiger charge is -2.34. The highest BCUT2D eigenvalue weighted by atomic mass is 31.2. The van der Waals surface area contributed by atoms with Crippen LogP contribution in [-0.2, 0) is 22.7 Å². The highest BCUT2D eigenvalue weighted by Crippen LogP contribution is 2.55. The van der Waals surface area contributed by atoms with E-state index in [1.54, 1.807) is 36.4 Å². The van der Waals surface area contributed by atoms with Crippen molar-refractivity contribution in [2.45, 2.75) is 70.0 Å². The fourth-order valence-corrected chi connectivity index (χ4v) is 8.91. The number of hydrogen-bond acceptors (Lipinski definition) is 8. The molecular formula is C36H40O8P2. The van der Waals surface area contributed by atoms with Gasteiger partial charge in [0, 0.05) is 6.42 Å². The second-order valence-electron chi connectivity index (χ2n) is 11.7. The molecule has 3 aromatic rings. The summed E-state index contributed by atoms with van der Waals surface area (Å²) in [6, 6.07) is 26.9. The van der Waals surface area contributed by atoms with Crippen LogP contribution in [0.2, 0.25) is 0 Å². The zero-order valence-corrected chi connectivity index (χ0v) is 27.5. The molecule has 0 spiro atoms. The summed E-state index contributed by atoms with van der Waals surface area (Å²) >= 11 is 0. The van der Waals surface area contributed by atoms with Gasteiger partial charge in [0.15, 0.2) is 0 Å². The fourth-order valence-electron chi connectivity index (χ4n) is 5.96. The van der Waals surface area contributed by atoms with Crippen molar-refractivity contribution in [1.82, 2.24) is 0 Å². The molecule has 8 nitrogen and oxygen atoms in total. The normalized spacial score (nSPS) is 22.9. The molecule has 10 heteroatoms. The second-order valence-corrected chi connectivity index (χ2v) is 14.6. The van der Waals surface area contributed by atoms with Gasteiger partial charge in [-0.1, -0.05) is 78.4 Å². The van der Waals surface area contributed by atoms with Gasteiger partial charge in [-0.3, -0.25) is 9.05 Å². The molecule has 6 rings (SSSR count). The van der Waals surface area contributed by atoms with E-state index in [0.717, 1.165) is 38.5 Å². The first-order chi connectivity index (χ1) is 22.4. The van der Waals surface area contributed by atoms with E-state index in [2.05, 4.69) is 6.08 Å². The van der Waals surface area contributed by atoms with Crippen molar-refractivity contribution in [3.05, 3.63) is 127 Å². The molecule has 0 aliphatic heterocycles. The van der Waals surface area contributed by atoms with Gasteiger partial charge in [0.25, 0.3) is 0 Å². The van der Waals surface area contributed by atoms with E-state index in [1.165, 1.54) is 5.57 Å². The Labute approximate surface area is 271 Å². The molecule has 1 fully saturated rings. The number of rotatable bonds is 13. The van der Waals surface area contributed by atoms with Crippen LogP contribution in [0.1, 0.15) is 57.8 Å². The zero-order valence-electron chi connectivity index (χ0n) is 25.7. The first-order valence-corrected chi connectivity index (χ1v) is 18.9. The van der Waals surface area contributed by atoms with Crippen LogP contribution in [0.3, 0.4) is 0 Å². The molecule has 46 heavy (non-hydrogen) atoms. The molecule has 0 saturated heterocycles. The molecule has 0 amide bonds. The zero-order chi connectivity index (χ0) is 31.7. The van der Waals surface area contributed by atoms with Gasteiger partial charge in [-0.25, -0.2) is 9.13 Å². The summed E-state index contributed by atoms with van der Waals surface area (Å²) in [5.74, 6) is 2.29. The van der Waals surface area contributed by atoms with Crippen molar-refractivity contribution in [1.29, 1.82) is 0 Å². The molecule has 0 aromatic heterocycles. The van der Waals surface area contributed by atoms with Crippen molar-refractivity contribution in [2.24, 2.45) is 5.92 Å². The van der Waals surface area contributed by atoms with Gasteiger partial charge in [0.2, 0.25) is 0 Å². The highest BCUT2D eigenvalue weighted by molar-refractivity contribution is 7.49. The number of para-hydroxylation sites is 3. The van der Waals surface area contributed by atoms with Crippen LogP contribution < -0.4 is 13.6 Å². The third-order valence-electron chi connectivity index (χ3n) is 8.24. The summed E-state index contributed by atoms with van der Waals surface area (Å²) in [5, 5.41) is 0. The first kappa shape index (κ1) is 32.4. The lowest BCUT2D eigenvalue weighted by atomic mass is 9.78. The van der Waals surface area contributed by atoms with Gasteiger partial charge < -0.3 is 18.1 Å². The van der Waals surface area contributed by atoms with Crippen molar-refractivity contribution in [3.8, 4) is 17.2 Å². The first-order valence-electron chi connectivity index (χ1n) is 16.0. The lowest BCUT2D eigenvalue weighted by molar-refractivity contribution is 0.0876. The number of allylic oxidation sites excluding steroid dienone is 5. The van der Waals surface area contributed by atoms with E-state index in [4.69, 9.17) is 27.1 Å². The van der Waals surface area contributed by atoms with E-state index in [9.17, 15) is 9.13 Å². The van der Waals surface area contributed by atoms with Gasteiger partial charge >= 0.3 is 15.6 Å². The fraction of sp³-hybridized carbons (Fsp3) is 0.333. The predicted molar refractivity (Wildman–Crippen MR) is 178 cm³/mol. The van der Waals surface area contributed by atoms with E-state index < -0.39 is 15.6 Å². The average Bonchev–Trinajstić information content (AvgIpc) is 3.07. The summed E-state index contributed by atoms with van der Waals surface area (Å²) in [6.07, 6.45) is 14.4. The Kier molecular flexibility index (Phi) is 10.8. The maximum Gasteiger partial charge on any atom is 0.587 e. The maximum absolute atomic E-state index is 13.9. The molecule has 0 N–H and O–H groups in total. The Morgan fingerprint density at radius 2 is 1.09 bits per heavy atom. The molecule has 2 unspecified atom stereocenters. The number of phosphoric acid groups is 2. The van der Waals surface area contributed by atoms with Crippen LogP contribution in [-0.4, -0.2) is 12.2 Å². The molecule has 1 saturated carbocycles. The molecule has 0 radical (unpaired) electrons. The highest BCUT2D eigenvalue weighted by Gasteiger charge is 2.39. The van der Waals surface area contributed by atoms with Crippen molar-refractivity contribution < 1.29 is 36.3 Å². The smallest absolute Gasteiger partial charge is 0.400 e. The standard InChI is InChI=1S/C36H40O8P2/c37-45(39-31-13-5-1-6-14-31,40-32-15-7-2-8-16-32)43-35-25-21-29(22-26-35)30-23-27-36(28-24-30)44-46(38,41-33-17-9-3-10-18-33)42-34-19-11-4-12-20-34/h1-11,13-19,21,30,35-36H,12,20,22-28H2. The van der Waals surface area contributed by atoms with Crippen LogP contribution in [0, 0.1) is 5.92 Å². The SMILES string of the molecule is O=P(OC1=CC=CCC1)(Oc1ccccc1)OC1CCC(C2=CCC(OP(=O)(Oc3ccccc3)Oc3ccccc3)CC2)CC1. The molecule has 3 aromatic carbocycles. The molecule has 3 aliphatic carbocycles. The van der Waals surface area contributed by atoms with E-state index in [0.29, 0.717) is 48.2 Å². The minimum atomic E-state index is -3.95. The van der Waals surface area contributed by atoms with Crippen LogP contribution in [0.4, 0.5) is 0 Å². The van der Waals surface area contributed by atoms with Gasteiger partial charge in [-0.05, 0) is 99.8 Å².